The zero-order valence-electron chi connectivity index (χ0n) is 11.9. The van der Waals surface area contributed by atoms with Gasteiger partial charge in [-0.2, -0.15) is 0 Å². The highest BCUT2D eigenvalue weighted by Gasteiger charge is 2.26. The lowest BCUT2D eigenvalue weighted by atomic mass is 10.0. The Hall–Kier alpha value is -1.13. The number of benzene rings is 1. The number of hydrogen-bond donors (Lipinski definition) is 1. The maximum Gasteiger partial charge on any atom is 0.146 e. The molecule has 0 saturated carbocycles. The summed E-state index contributed by atoms with van der Waals surface area (Å²) in [6.07, 6.45) is 0.399. The monoisotopic (exact) mass is 266 g/mol. The summed E-state index contributed by atoms with van der Waals surface area (Å²) in [7, 11) is 2.11. The van der Waals surface area contributed by atoms with Gasteiger partial charge in [0.05, 0.1) is 11.8 Å². The highest BCUT2D eigenvalue weighted by atomic mass is 19.1. The highest BCUT2D eigenvalue weighted by Crippen LogP contribution is 2.31. The van der Waals surface area contributed by atoms with Crippen molar-refractivity contribution in [2.45, 2.75) is 32.4 Å². The van der Waals surface area contributed by atoms with Gasteiger partial charge >= 0.3 is 0 Å². The molecule has 0 aromatic heterocycles. The first-order valence-corrected chi connectivity index (χ1v) is 6.96. The molecule has 3 nitrogen and oxygen atoms in total. The van der Waals surface area contributed by atoms with Crippen LogP contribution >= 0.6 is 0 Å². The van der Waals surface area contributed by atoms with Gasteiger partial charge in [-0.25, -0.2) is 4.39 Å². The molecule has 1 heterocycles. The number of nitrogens with zero attached hydrogens (tertiary/aromatic N) is 2. The van der Waals surface area contributed by atoms with E-state index in [1.807, 2.05) is 6.07 Å². The van der Waals surface area contributed by atoms with Crippen molar-refractivity contribution in [1.82, 2.24) is 4.90 Å². The van der Waals surface area contributed by atoms with Crippen molar-refractivity contribution >= 4 is 5.69 Å². The van der Waals surface area contributed by atoms with Crippen molar-refractivity contribution in [1.29, 1.82) is 0 Å². The lowest BCUT2D eigenvalue weighted by Gasteiger charge is -2.41. The predicted octanol–water partition coefficient (Wildman–Crippen LogP) is 2.41. The number of para-hydroxylation sites is 1. The Kier molecular flexibility index (Phi) is 4.42. The molecule has 2 atom stereocenters. The Morgan fingerprint density at radius 3 is 2.79 bits per heavy atom. The van der Waals surface area contributed by atoms with Crippen LogP contribution in [0, 0.1) is 5.82 Å². The zero-order chi connectivity index (χ0) is 14.0. The molecule has 0 amide bonds. The molecule has 1 saturated heterocycles. The summed E-state index contributed by atoms with van der Waals surface area (Å²) in [5.74, 6) is -0.238. The smallest absolute Gasteiger partial charge is 0.146 e. The average Bonchev–Trinajstić information content (AvgIpc) is 2.39. The van der Waals surface area contributed by atoms with Gasteiger partial charge in [-0.3, -0.25) is 4.90 Å². The fraction of sp³-hybridized carbons (Fsp3) is 0.600. The first-order valence-electron chi connectivity index (χ1n) is 6.96. The highest BCUT2D eigenvalue weighted by molar-refractivity contribution is 5.56. The van der Waals surface area contributed by atoms with E-state index in [0.717, 1.165) is 26.1 Å². The lowest BCUT2D eigenvalue weighted by Crippen LogP contribution is -2.51. The van der Waals surface area contributed by atoms with Crippen LogP contribution in [0.2, 0.25) is 0 Å². The maximum absolute atomic E-state index is 14.2. The molecule has 4 heteroatoms. The fourth-order valence-electron chi connectivity index (χ4n) is 2.79. The number of piperazine rings is 1. The summed E-state index contributed by atoms with van der Waals surface area (Å²) in [6.45, 7) is 6.38. The predicted molar refractivity (Wildman–Crippen MR) is 76.0 cm³/mol. The lowest BCUT2D eigenvalue weighted by molar-refractivity contribution is 0.195. The van der Waals surface area contributed by atoms with Gasteiger partial charge in [0.15, 0.2) is 0 Å². The van der Waals surface area contributed by atoms with E-state index in [1.165, 1.54) is 6.07 Å². The Bertz CT molecular complexity index is 436. The third-order valence-electron chi connectivity index (χ3n) is 4.03. The zero-order valence-corrected chi connectivity index (χ0v) is 11.9. The number of aliphatic hydroxyl groups is 1. The standard InChI is InChI=1S/C15H23FN2O/c1-4-12-10-18(9-8-17(12)3)15-13(11(2)19)6-5-7-14(15)16/h5-7,11-12,19H,4,8-10H2,1-3H3/t11-,12?/m1/s1. The van der Waals surface area contributed by atoms with Crippen LogP contribution in [0.15, 0.2) is 18.2 Å². The van der Waals surface area contributed by atoms with E-state index in [9.17, 15) is 9.50 Å². The molecule has 0 radical (unpaired) electrons. The van der Waals surface area contributed by atoms with Gasteiger partial charge in [-0.1, -0.05) is 19.1 Å². The molecule has 1 fully saturated rings. The van der Waals surface area contributed by atoms with E-state index in [0.29, 0.717) is 17.3 Å². The number of halogens is 1. The Labute approximate surface area is 114 Å². The summed E-state index contributed by atoms with van der Waals surface area (Å²) < 4.78 is 14.2. The molecule has 1 unspecified atom stereocenters. The minimum Gasteiger partial charge on any atom is -0.389 e. The summed E-state index contributed by atoms with van der Waals surface area (Å²) in [5.41, 5.74) is 1.25. The summed E-state index contributed by atoms with van der Waals surface area (Å²) in [6, 6.07) is 5.38. The quantitative estimate of drug-likeness (QED) is 0.910. The van der Waals surface area contributed by atoms with Crippen molar-refractivity contribution < 1.29 is 9.50 Å². The van der Waals surface area contributed by atoms with Crippen molar-refractivity contribution in [2.24, 2.45) is 0 Å². The number of likely N-dealkylation sites (N-methyl/N-ethyl adjacent to an activating group) is 1. The molecular formula is C15H23FN2O. The van der Waals surface area contributed by atoms with Gasteiger partial charge in [0, 0.05) is 31.2 Å². The van der Waals surface area contributed by atoms with Crippen LogP contribution in [0.5, 0.6) is 0 Å². The van der Waals surface area contributed by atoms with Crippen LogP contribution in [0.25, 0.3) is 0 Å². The summed E-state index contributed by atoms with van der Waals surface area (Å²) >= 11 is 0. The second-order valence-corrected chi connectivity index (χ2v) is 5.34. The van der Waals surface area contributed by atoms with E-state index in [-0.39, 0.29) is 5.82 Å². The molecule has 1 aromatic rings. The van der Waals surface area contributed by atoms with Crippen molar-refractivity contribution in [3.8, 4) is 0 Å². The van der Waals surface area contributed by atoms with Crippen LogP contribution < -0.4 is 4.90 Å². The minimum absolute atomic E-state index is 0.238. The largest absolute Gasteiger partial charge is 0.389 e. The van der Waals surface area contributed by atoms with Crippen LogP contribution in [-0.2, 0) is 0 Å². The van der Waals surface area contributed by atoms with Gasteiger partial charge in [-0.05, 0) is 26.5 Å². The molecule has 0 bridgehead atoms. The van der Waals surface area contributed by atoms with E-state index >= 15 is 0 Å². The van der Waals surface area contributed by atoms with Gasteiger partial charge in [-0.15, -0.1) is 0 Å². The first-order chi connectivity index (χ1) is 9.04. The van der Waals surface area contributed by atoms with Crippen LogP contribution in [0.4, 0.5) is 10.1 Å². The number of aliphatic hydroxyl groups excluding tert-OH is 1. The summed E-state index contributed by atoms with van der Waals surface area (Å²) in [4.78, 5) is 4.39. The number of rotatable bonds is 3. The van der Waals surface area contributed by atoms with Crippen LogP contribution in [0.1, 0.15) is 31.9 Å². The molecule has 1 aromatic carbocycles. The van der Waals surface area contributed by atoms with Crippen molar-refractivity contribution in [3.05, 3.63) is 29.6 Å². The molecule has 106 valence electrons. The molecule has 0 spiro atoms. The minimum atomic E-state index is -0.648. The van der Waals surface area contributed by atoms with Crippen molar-refractivity contribution in [2.75, 3.05) is 31.6 Å². The van der Waals surface area contributed by atoms with Crippen LogP contribution in [0.3, 0.4) is 0 Å². The fourth-order valence-corrected chi connectivity index (χ4v) is 2.79. The topological polar surface area (TPSA) is 26.7 Å². The molecule has 1 aliphatic rings. The van der Waals surface area contributed by atoms with E-state index in [2.05, 4.69) is 23.8 Å². The molecule has 1 aliphatic heterocycles. The van der Waals surface area contributed by atoms with Crippen LogP contribution in [-0.4, -0.2) is 42.7 Å². The maximum atomic E-state index is 14.2. The van der Waals surface area contributed by atoms with E-state index in [4.69, 9.17) is 0 Å². The van der Waals surface area contributed by atoms with Gasteiger partial charge in [0.1, 0.15) is 5.82 Å². The molecule has 1 N–H and O–H groups in total. The third kappa shape index (κ3) is 2.90. The third-order valence-corrected chi connectivity index (χ3v) is 4.03. The summed E-state index contributed by atoms with van der Waals surface area (Å²) in [5, 5.41) is 9.83. The molecule has 0 aliphatic carbocycles. The second-order valence-electron chi connectivity index (χ2n) is 5.34. The number of anilines is 1. The molecular weight excluding hydrogens is 243 g/mol. The average molecular weight is 266 g/mol. The number of hydrogen-bond acceptors (Lipinski definition) is 3. The van der Waals surface area contributed by atoms with E-state index in [1.54, 1.807) is 13.0 Å². The molecule has 19 heavy (non-hydrogen) atoms. The van der Waals surface area contributed by atoms with Crippen molar-refractivity contribution in [3.63, 3.8) is 0 Å². The normalized spacial score (nSPS) is 22.6. The second kappa shape index (κ2) is 5.88. The first kappa shape index (κ1) is 14.3. The SMILES string of the molecule is CCC1CN(c2c(F)cccc2[C@@H](C)O)CCN1C. The Morgan fingerprint density at radius 2 is 2.16 bits per heavy atom. The Balaban J connectivity index is 2.31. The molecule has 2 rings (SSSR count). The van der Waals surface area contributed by atoms with Gasteiger partial charge in [0.2, 0.25) is 0 Å². The Morgan fingerprint density at radius 1 is 1.42 bits per heavy atom. The van der Waals surface area contributed by atoms with Gasteiger partial charge in [0.25, 0.3) is 0 Å². The van der Waals surface area contributed by atoms with Gasteiger partial charge < -0.3 is 10.0 Å². The van der Waals surface area contributed by atoms with E-state index < -0.39 is 6.10 Å².